The van der Waals surface area contributed by atoms with Crippen molar-refractivity contribution in [1.29, 1.82) is 0 Å². The highest BCUT2D eigenvalue weighted by molar-refractivity contribution is 9.10. The van der Waals surface area contributed by atoms with E-state index in [1.165, 1.54) is 12.1 Å². The molecule has 1 atom stereocenters. The molecule has 0 bridgehead atoms. The van der Waals surface area contributed by atoms with Crippen LogP contribution in [0.5, 0.6) is 0 Å². The summed E-state index contributed by atoms with van der Waals surface area (Å²) < 4.78 is 18.9. The lowest BCUT2D eigenvalue weighted by Gasteiger charge is -2.13. The van der Waals surface area contributed by atoms with Crippen LogP contribution in [0, 0.1) is 5.82 Å². The van der Waals surface area contributed by atoms with E-state index in [0.717, 1.165) is 12.0 Å². The van der Waals surface area contributed by atoms with Gasteiger partial charge in [-0.25, -0.2) is 4.39 Å². The summed E-state index contributed by atoms with van der Waals surface area (Å²) in [7, 11) is 0. The maximum Gasteiger partial charge on any atom is 0.124 e. The van der Waals surface area contributed by atoms with Crippen LogP contribution in [0.25, 0.3) is 0 Å². The van der Waals surface area contributed by atoms with Gasteiger partial charge in [0.05, 0.1) is 12.6 Å². The highest BCUT2D eigenvalue weighted by atomic mass is 79.9. The lowest BCUT2D eigenvalue weighted by atomic mass is 10.1. The summed E-state index contributed by atoms with van der Waals surface area (Å²) in [6.07, 6.45) is 0.970. The van der Waals surface area contributed by atoms with Crippen molar-refractivity contribution in [2.45, 2.75) is 19.4 Å². The molecule has 0 aliphatic rings. The van der Waals surface area contributed by atoms with Crippen molar-refractivity contribution in [2.24, 2.45) is 5.73 Å². The van der Waals surface area contributed by atoms with Gasteiger partial charge in [-0.2, -0.15) is 0 Å². The molecule has 2 nitrogen and oxygen atoms in total. The molecule has 0 aromatic heterocycles. The predicted octanol–water partition coefficient (Wildman–Crippen LogP) is 3.01. The molecule has 1 unspecified atom stereocenters. The Labute approximate surface area is 97.7 Å². The summed E-state index contributed by atoms with van der Waals surface area (Å²) in [6.45, 7) is 3.20. The zero-order valence-corrected chi connectivity index (χ0v) is 10.3. The number of halogens is 2. The molecule has 0 saturated heterocycles. The first-order valence-electron chi connectivity index (χ1n) is 4.93. The average Bonchev–Trinajstić information content (AvgIpc) is 2.17. The molecule has 84 valence electrons. The summed E-state index contributed by atoms with van der Waals surface area (Å²) >= 11 is 3.28. The Kier molecular flexibility index (Phi) is 5.22. The molecule has 1 aromatic carbocycles. The van der Waals surface area contributed by atoms with Crippen molar-refractivity contribution in [3.05, 3.63) is 34.1 Å². The molecule has 0 aliphatic carbocycles. The zero-order chi connectivity index (χ0) is 11.3. The molecular formula is C11H15BrFNO. The molecule has 1 aromatic rings. The Balaban J connectivity index is 2.61. The molecule has 0 radical (unpaired) electrons. The molecule has 15 heavy (non-hydrogen) atoms. The van der Waals surface area contributed by atoms with Gasteiger partial charge in [0.2, 0.25) is 0 Å². The summed E-state index contributed by atoms with van der Waals surface area (Å²) in [5.41, 5.74) is 6.78. The average molecular weight is 276 g/mol. The molecular weight excluding hydrogens is 261 g/mol. The van der Waals surface area contributed by atoms with Gasteiger partial charge >= 0.3 is 0 Å². The van der Waals surface area contributed by atoms with Crippen LogP contribution in [-0.4, -0.2) is 13.2 Å². The van der Waals surface area contributed by atoms with Gasteiger partial charge in [0.1, 0.15) is 5.82 Å². The smallest absolute Gasteiger partial charge is 0.124 e. The van der Waals surface area contributed by atoms with Crippen molar-refractivity contribution in [3.8, 4) is 0 Å². The van der Waals surface area contributed by atoms with Crippen molar-refractivity contribution >= 4 is 15.9 Å². The summed E-state index contributed by atoms with van der Waals surface area (Å²) in [5, 5.41) is 0. The van der Waals surface area contributed by atoms with Crippen LogP contribution < -0.4 is 5.73 Å². The van der Waals surface area contributed by atoms with Crippen LogP contribution in [0.1, 0.15) is 24.9 Å². The fourth-order valence-electron chi connectivity index (χ4n) is 1.25. The molecule has 2 N–H and O–H groups in total. The summed E-state index contributed by atoms with van der Waals surface area (Å²) in [5.74, 6) is -0.271. The van der Waals surface area contributed by atoms with E-state index in [-0.39, 0.29) is 11.9 Å². The van der Waals surface area contributed by atoms with Gasteiger partial charge in [0, 0.05) is 11.1 Å². The number of hydrogen-bond acceptors (Lipinski definition) is 2. The molecule has 0 saturated carbocycles. The lowest BCUT2D eigenvalue weighted by Crippen LogP contribution is -2.18. The van der Waals surface area contributed by atoms with Crippen molar-refractivity contribution in [3.63, 3.8) is 0 Å². The maximum atomic E-state index is 12.8. The quantitative estimate of drug-likeness (QED) is 0.839. The Bertz CT molecular complexity index is 319. The Morgan fingerprint density at radius 1 is 1.53 bits per heavy atom. The first kappa shape index (κ1) is 12.6. The third-order valence-corrected chi connectivity index (χ3v) is 2.69. The van der Waals surface area contributed by atoms with Crippen LogP contribution in [0.15, 0.2) is 22.7 Å². The zero-order valence-electron chi connectivity index (χ0n) is 8.67. The van der Waals surface area contributed by atoms with Gasteiger partial charge < -0.3 is 10.5 Å². The van der Waals surface area contributed by atoms with E-state index in [1.54, 1.807) is 6.07 Å². The van der Waals surface area contributed by atoms with Crippen LogP contribution >= 0.6 is 15.9 Å². The highest BCUT2D eigenvalue weighted by Gasteiger charge is 2.10. The first-order valence-corrected chi connectivity index (χ1v) is 5.72. The molecule has 4 heteroatoms. The van der Waals surface area contributed by atoms with Crippen LogP contribution in [-0.2, 0) is 4.74 Å². The van der Waals surface area contributed by atoms with Crippen molar-refractivity contribution in [1.82, 2.24) is 0 Å². The monoisotopic (exact) mass is 275 g/mol. The predicted molar refractivity (Wildman–Crippen MR) is 62.1 cm³/mol. The van der Waals surface area contributed by atoms with Crippen molar-refractivity contribution < 1.29 is 9.13 Å². The summed E-state index contributed by atoms with van der Waals surface area (Å²) in [4.78, 5) is 0. The number of nitrogens with two attached hydrogens (primary N) is 1. The Morgan fingerprint density at radius 3 is 2.87 bits per heavy atom. The minimum absolute atomic E-state index is 0.216. The molecule has 0 fully saturated rings. The summed E-state index contributed by atoms with van der Waals surface area (Å²) in [6, 6.07) is 4.28. The Morgan fingerprint density at radius 2 is 2.27 bits per heavy atom. The standard InChI is InChI=1S/C11H15BrFNO/c1-2-5-15-7-11(14)9-4-3-8(13)6-10(9)12/h3-4,6,11H,2,5,7,14H2,1H3. The van der Waals surface area contributed by atoms with Crippen molar-refractivity contribution in [2.75, 3.05) is 13.2 Å². The number of rotatable bonds is 5. The van der Waals surface area contributed by atoms with E-state index in [2.05, 4.69) is 15.9 Å². The van der Waals surface area contributed by atoms with E-state index < -0.39 is 0 Å². The van der Waals surface area contributed by atoms with E-state index in [4.69, 9.17) is 10.5 Å². The molecule has 0 spiro atoms. The minimum atomic E-state index is -0.271. The van der Waals surface area contributed by atoms with Crippen LogP contribution in [0.3, 0.4) is 0 Å². The third kappa shape index (κ3) is 3.89. The second-order valence-electron chi connectivity index (χ2n) is 3.35. The maximum absolute atomic E-state index is 12.8. The fraction of sp³-hybridized carbons (Fsp3) is 0.455. The number of benzene rings is 1. The largest absolute Gasteiger partial charge is 0.379 e. The second kappa shape index (κ2) is 6.20. The van der Waals surface area contributed by atoms with Gasteiger partial charge in [-0.05, 0) is 24.1 Å². The SMILES string of the molecule is CCCOCC(N)c1ccc(F)cc1Br. The van der Waals surface area contributed by atoms with E-state index in [9.17, 15) is 4.39 Å². The van der Waals surface area contributed by atoms with Gasteiger partial charge in [-0.15, -0.1) is 0 Å². The van der Waals surface area contributed by atoms with Crippen LogP contribution in [0.2, 0.25) is 0 Å². The second-order valence-corrected chi connectivity index (χ2v) is 4.20. The van der Waals surface area contributed by atoms with Gasteiger partial charge in [0.15, 0.2) is 0 Å². The van der Waals surface area contributed by atoms with E-state index in [0.29, 0.717) is 17.7 Å². The normalized spacial score (nSPS) is 12.8. The molecule has 0 aliphatic heterocycles. The lowest BCUT2D eigenvalue weighted by molar-refractivity contribution is 0.121. The molecule has 0 amide bonds. The van der Waals surface area contributed by atoms with Crippen LogP contribution in [0.4, 0.5) is 4.39 Å². The molecule has 0 heterocycles. The fourth-order valence-corrected chi connectivity index (χ4v) is 1.89. The minimum Gasteiger partial charge on any atom is -0.379 e. The molecule has 1 rings (SSSR count). The highest BCUT2D eigenvalue weighted by Crippen LogP contribution is 2.23. The first-order chi connectivity index (χ1) is 7.15. The number of hydrogen-bond donors (Lipinski definition) is 1. The third-order valence-electron chi connectivity index (χ3n) is 2.01. The topological polar surface area (TPSA) is 35.2 Å². The van der Waals surface area contributed by atoms with Gasteiger partial charge in [-0.3, -0.25) is 0 Å². The van der Waals surface area contributed by atoms with Gasteiger partial charge in [0.25, 0.3) is 0 Å². The number of ether oxygens (including phenoxy) is 1. The van der Waals surface area contributed by atoms with E-state index in [1.807, 2.05) is 6.92 Å². The van der Waals surface area contributed by atoms with Gasteiger partial charge in [-0.1, -0.05) is 28.9 Å². The Hall–Kier alpha value is -0.450. The van der Waals surface area contributed by atoms with E-state index >= 15 is 0 Å².